The van der Waals surface area contributed by atoms with E-state index in [4.69, 9.17) is 10.00 Å². The van der Waals surface area contributed by atoms with Crippen LogP contribution in [0.2, 0.25) is 0 Å². The van der Waals surface area contributed by atoms with Crippen molar-refractivity contribution in [2.75, 3.05) is 30.6 Å². The first kappa shape index (κ1) is 21.6. The quantitative estimate of drug-likeness (QED) is 0.740. The number of aliphatic hydroxyl groups excluding tert-OH is 1. The maximum atomic E-state index is 11.5. The van der Waals surface area contributed by atoms with Crippen molar-refractivity contribution in [3.8, 4) is 11.8 Å². The molecule has 1 spiro atoms. The average molecular weight is 442 g/mol. The van der Waals surface area contributed by atoms with E-state index in [2.05, 4.69) is 15.7 Å². The largest absolute Gasteiger partial charge is 0.487 e. The van der Waals surface area contributed by atoms with Crippen molar-refractivity contribution in [2.45, 2.75) is 37.4 Å². The third-order valence-corrected chi connectivity index (χ3v) is 6.74. The van der Waals surface area contributed by atoms with Crippen LogP contribution >= 0.6 is 0 Å². The van der Waals surface area contributed by atoms with E-state index in [1.807, 2.05) is 24.3 Å². The van der Waals surface area contributed by atoms with Crippen LogP contribution in [0.3, 0.4) is 0 Å². The Morgan fingerprint density at radius 2 is 1.94 bits per heavy atom. The van der Waals surface area contributed by atoms with Crippen molar-refractivity contribution in [1.29, 1.82) is 5.26 Å². The zero-order valence-electron chi connectivity index (χ0n) is 17.5. The Hall–Kier alpha value is -2.60. The molecule has 0 unspecified atom stereocenters. The third-order valence-electron chi connectivity index (χ3n) is 6.13. The van der Waals surface area contributed by atoms with Crippen molar-refractivity contribution < 1.29 is 18.3 Å². The Bertz CT molecular complexity index is 1080. The molecule has 31 heavy (non-hydrogen) atoms. The van der Waals surface area contributed by atoms with Crippen LogP contribution in [0, 0.1) is 11.3 Å². The topological polar surface area (TPSA) is 103 Å². The van der Waals surface area contributed by atoms with Crippen molar-refractivity contribution in [3.63, 3.8) is 0 Å². The highest BCUT2D eigenvalue weighted by atomic mass is 32.2. The summed E-state index contributed by atoms with van der Waals surface area (Å²) in [5.41, 5.74) is 2.57. The van der Waals surface area contributed by atoms with Gasteiger partial charge in [0.25, 0.3) is 0 Å². The molecule has 2 aliphatic heterocycles. The minimum atomic E-state index is -3.38. The predicted molar refractivity (Wildman–Crippen MR) is 118 cm³/mol. The van der Waals surface area contributed by atoms with Gasteiger partial charge in [-0.05, 0) is 55.2 Å². The summed E-state index contributed by atoms with van der Waals surface area (Å²) in [6, 6.07) is 14.9. The molecule has 164 valence electrons. The number of hydrogen-bond donors (Lipinski definition) is 2. The van der Waals surface area contributed by atoms with Gasteiger partial charge in [-0.1, -0.05) is 12.1 Å². The number of rotatable bonds is 5. The molecule has 0 amide bonds. The number of anilines is 1. The summed E-state index contributed by atoms with van der Waals surface area (Å²) in [5, 5.41) is 19.7. The van der Waals surface area contributed by atoms with Crippen LogP contribution in [-0.2, 0) is 16.4 Å². The number of ether oxygens (including phenoxy) is 1. The normalized spacial score (nSPS) is 20.5. The van der Waals surface area contributed by atoms with Crippen LogP contribution in [0.4, 0.5) is 5.69 Å². The van der Waals surface area contributed by atoms with Crippen molar-refractivity contribution >= 4 is 15.7 Å². The molecule has 1 fully saturated rings. The smallest absolute Gasteiger partial charge is 0.229 e. The zero-order valence-corrected chi connectivity index (χ0v) is 18.4. The van der Waals surface area contributed by atoms with Crippen LogP contribution < -0.4 is 9.46 Å². The van der Waals surface area contributed by atoms with Crippen molar-refractivity contribution in [3.05, 3.63) is 59.2 Å². The Kier molecular flexibility index (Phi) is 5.93. The number of fused-ring (bicyclic) bond motifs is 1. The summed E-state index contributed by atoms with van der Waals surface area (Å²) in [6.45, 7) is 2.74. The molecule has 2 aromatic rings. The third kappa shape index (κ3) is 5.18. The molecule has 4 rings (SSSR count). The van der Waals surface area contributed by atoms with Crippen LogP contribution in [0.15, 0.2) is 42.5 Å². The first-order valence-electron chi connectivity index (χ1n) is 10.5. The fraction of sp³-hybridized carbons (Fsp3) is 0.435. The van der Waals surface area contributed by atoms with Gasteiger partial charge in [0.15, 0.2) is 0 Å². The number of nitriles is 1. The monoisotopic (exact) mass is 441 g/mol. The van der Waals surface area contributed by atoms with Gasteiger partial charge in [0, 0.05) is 37.3 Å². The van der Waals surface area contributed by atoms with Crippen molar-refractivity contribution in [2.24, 2.45) is 0 Å². The zero-order chi connectivity index (χ0) is 22.1. The lowest BCUT2D eigenvalue weighted by atomic mass is 9.81. The Labute approximate surface area is 183 Å². The van der Waals surface area contributed by atoms with Gasteiger partial charge in [-0.2, -0.15) is 5.26 Å². The first-order chi connectivity index (χ1) is 14.8. The SMILES string of the molecule is CS(=O)(=O)Nc1ccc2c(c1)[C@H](O)CC1(CCN(CCc3ccc(C#N)cc3)CC1)O2. The second-order valence-corrected chi connectivity index (χ2v) is 10.3. The second-order valence-electron chi connectivity index (χ2n) is 8.53. The lowest BCUT2D eigenvalue weighted by Gasteiger charge is -2.46. The standard InChI is InChI=1S/C23H27N3O4S/c1-31(28,29)25-19-6-7-22-20(14-19)21(27)15-23(30-22)9-12-26(13-10-23)11-8-17-2-4-18(16-24)5-3-17/h2-7,14,21,25,27H,8-13,15H2,1H3/t21-/m1/s1. The van der Waals surface area contributed by atoms with Crippen LogP contribution in [-0.4, -0.2) is 49.9 Å². The summed E-state index contributed by atoms with van der Waals surface area (Å²) >= 11 is 0. The van der Waals surface area contributed by atoms with Gasteiger partial charge in [-0.3, -0.25) is 4.72 Å². The number of piperidine rings is 1. The van der Waals surface area contributed by atoms with Gasteiger partial charge in [0.1, 0.15) is 11.4 Å². The number of hydrogen-bond acceptors (Lipinski definition) is 6. The Morgan fingerprint density at radius 3 is 2.58 bits per heavy atom. The van der Waals surface area contributed by atoms with Crippen LogP contribution in [0.5, 0.6) is 5.75 Å². The fourth-order valence-electron chi connectivity index (χ4n) is 4.44. The van der Waals surface area contributed by atoms with E-state index >= 15 is 0 Å². The van der Waals surface area contributed by atoms with E-state index in [0.717, 1.165) is 45.2 Å². The molecule has 2 N–H and O–H groups in total. The van der Waals surface area contributed by atoms with Gasteiger partial charge >= 0.3 is 0 Å². The average Bonchev–Trinajstić information content (AvgIpc) is 2.73. The van der Waals surface area contributed by atoms with E-state index in [9.17, 15) is 13.5 Å². The van der Waals surface area contributed by atoms with Crippen molar-refractivity contribution in [1.82, 2.24) is 4.90 Å². The summed E-state index contributed by atoms with van der Waals surface area (Å²) in [6.07, 6.45) is 3.52. The summed E-state index contributed by atoms with van der Waals surface area (Å²) in [7, 11) is -3.38. The highest BCUT2D eigenvalue weighted by Crippen LogP contribution is 2.45. The fourth-order valence-corrected chi connectivity index (χ4v) is 5.00. The van der Waals surface area contributed by atoms with Gasteiger partial charge in [-0.15, -0.1) is 0 Å². The van der Waals surface area contributed by atoms with E-state index in [1.165, 1.54) is 5.56 Å². The van der Waals surface area contributed by atoms with Gasteiger partial charge in [0.05, 0.1) is 24.0 Å². The molecule has 0 bridgehead atoms. The summed E-state index contributed by atoms with van der Waals surface area (Å²) < 4.78 is 31.8. The lowest BCUT2D eigenvalue weighted by molar-refractivity contribution is -0.0536. The molecular formula is C23H27N3O4S. The molecule has 2 heterocycles. The minimum absolute atomic E-state index is 0.386. The highest BCUT2D eigenvalue weighted by Gasteiger charge is 2.42. The molecule has 1 atom stereocenters. The van der Waals surface area contributed by atoms with Gasteiger partial charge in [-0.25, -0.2) is 8.42 Å². The molecule has 0 saturated carbocycles. The molecular weight excluding hydrogens is 414 g/mol. The van der Waals surface area contributed by atoms with E-state index in [0.29, 0.717) is 29.0 Å². The number of benzene rings is 2. The van der Waals surface area contributed by atoms with E-state index in [1.54, 1.807) is 18.2 Å². The molecule has 7 nitrogen and oxygen atoms in total. The molecule has 0 aliphatic carbocycles. The number of likely N-dealkylation sites (tertiary alicyclic amines) is 1. The maximum absolute atomic E-state index is 11.5. The molecule has 8 heteroatoms. The number of aliphatic hydroxyl groups is 1. The lowest BCUT2D eigenvalue weighted by Crippen LogP contribution is -2.50. The first-order valence-corrected chi connectivity index (χ1v) is 12.3. The molecule has 1 saturated heterocycles. The number of nitrogens with one attached hydrogen (secondary N) is 1. The van der Waals surface area contributed by atoms with Crippen LogP contribution in [0.1, 0.15) is 42.1 Å². The summed E-state index contributed by atoms with van der Waals surface area (Å²) in [5.74, 6) is 0.629. The number of sulfonamides is 1. The highest BCUT2D eigenvalue weighted by molar-refractivity contribution is 7.92. The van der Waals surface area contributed by atoms with Gasteiger partial charge in [0.2, 0.25) is 10.0 Å². The summed E-state index contributed by atoms with van der Waals surface area (Å²) in [4.78, 5) is 2.41. The Balaban J connectivity index is 1.36. The molecule has 2 aromatic carbocycles. The number of nitrogens with zero attached hydrogens (tertiary/aromatic N) is 2. The maximum Gasteiger partial charge on any atom is 0.229 e. The molecule has 0 aromatic heterocycles. The molecule has 2 aliphatic rings. The second kappa shape index (κ2) is 8.50. The Morgan fingerprint density at radius 1 is 1.23 bits per heavy atom. The van der Waals surface area contributed by atoms with Gasteiger partial charge < -0.3 is 14.7 Å². The van der Waals surface area contributed by atoms with E-state index in [-0.39, 0.29) is 5.60 Å². The molecule has 0 radical (unpaired) electrons. The minimum Gasteiger partial charge on any atom is -0.487 e. The predicted octanol–water partition coefficient (Wildman–Crippen LogP) is 2.82. The van der Waals surface area contributed by atoms with E-state index < -0.39 is 16.1 Å². The van der Waals surface area contributed by atoms with Crippen LogP contribution in [0.25, 0.3) is 0 Å².